The van der Waals surface area contributed by atoms with Crippen LogP contribution in [-0.2, 0) is 22.7 Å². The van der Waals surface area contributed by atoms with Crippen molar-refractivity contribution in [3.05, 3.63) is 33.8 Å². The van der Waals surface area contributed by atoms with Gasteiger partial charge in [-0.3, -0.25) is 5.41 Å². The molecule has 1 aromatic carbocycles. The minimum atomic E-state index is -5.08. The van der Waals surface area contributed by atoms with E-state index in [1.54, 1.807) is 0 Å². The monoisotopic (exact) mass is 417 g/mol. The van der Waals surface area contributed by atoms with E-state index in [1.165, 1.54) is 0 Å². The Morgan fingerprint density at radius 3 is 2.42 bits per heavy atom. The maximum atomic E-state index is 11.9. The minimum absolute atomic E-state index is 0.0588. The average molecular weight is 418 g/mol. The van der Waals surface area contributed by atoms with Gasteiger partial charge in [-0.05, 0) is 17.2 Å². The van der Waals surface area contributed by atoms with Crippen molar-refractivity contribution < 1.29 is 32.2 Å². The van der Waals surface area contributed by atoms with Crippen LogP contribution in [0.2, 0.25) is 0 Å². The van der Waals surface area contributed by atoms with Crippen molar-refractivity contribution in [2.24, 2.45) is 5.73 Å². The van der Waals surface area contributed by atoms with Crippen molar-refractivity contribution in [2.75, 3.05) is 13.3 Å². The Hall–Kier alpha value is -1.88. The number of aliphatic carboxylic acids is 1. The second kappa shape index (κ2) is 10.8. The van der Waals surface area contributed by atoms with Crippen LogP contribution in [0.5, 0.6) is 0 Å². The van der Waals surface area contributed by atoms with E-state index in [9.17, 15) is 17.6 Å². The summed E-state index contributed by atoms with van der Waals surface area (Å²) in [6.45, 7) is 0.517. The van der Waals surface area contributed by atoms with Gasteiger partial charge >= 0.3 is 12.1 Å². The van der Waals surface area contributed by atoms with E-state index in [4.69, 9.17) is 25.8 Å². The number of rotatable bonds is 6. The van der Waals surface area contributed by atoms with Gasteiger partial charge in [0.15, 0.2) is 5.96 Å². The molecule has 0 aliphatic heterocycles. The zero-order valence-corrected chi connectivity index (χ0v) is 13.9. The predicted molar refractivity (Wildman–Crippen MR) is 82.2 cm³/mol. The Bertz CT molecular complexity index is 556. The van der Waals surface area contributed by atoms with Crippen LogP contribution in [0.1, 0.15) is 11.1 Å². The fourth-order valence-corrected chi connectivity index (χ4v) is 1.79. The summed E-state index contributed by atoms with van der Waals surface area (Å²) < 4.78 is 49.6. The summed E-state index contributed by atoms with van der Waals surface area (Å²) in [7, 11) is 0. The van der Waals surface area contributed by atoms with Crippen LogP contribution >= 0.6 is 15.9 Å². The third-order valence-corrected chi connectivity index (χ3v) is 3.06. The number of alkyl halides is 4. The number of ether oxygens (including phenoxy) is 1. The predicted octanol–water partition coefficient (Wildman–Crippen LogP) is 2.55. The molecule has 0 atom stereocenters. The van der Waals surface area contributed by atoms with Crippen LogP contribution in [0.25, 0.3) is 0 Å². The first-order valence-corrected chi connectivity index (χ1v) is 7.16. The van der Waals surface area contributed by atoms with Gasteiger partial charge in [-0.1, -0.05) is 28.1 Å². The van der Waals surface area contributed by atoms with Crippen LogP contribution < -0.4 is 11.1 Å². The molecule has 0 saturated carbocycles. The van der Waals surface area contributed by atoms with Gasteiger partial charge in [0.25, 0.3) is 0 Å². The molecule has 0 spiro atoms. The van der Waals surface area contributed by atoms with Crippen molar-refractivity contribution in [1.29, 1.82) is 5.41 Å². The number of hydrogen-bond donors (Lipinski definition) is 4. The van der Waals surface area contributed by atoms with Gasteiger partial charge in [-0.15, -0.1) is 0 Å². The summed E-state index contributed by atoms with van der Waals surface area (Å²) in [6.07, 6.45) is -5.08. The summed E-state index contributed by atoms with van der Waals surface area (Å²) in [5.74, 6) is -2.82. The maximum Gasteiger partial charge on any atom is 0.490 e. The van der Waals surface area contributed by atoms with E-state index < -0.39 is 18.8 Å². The highest BCUT2D eigenvalue weighted by atomic mass is 79.9. The molecule has 0 saturated heterocycles. The Morgan fingerprint density at radius 1 is 1.42 bits per heavy atom. The molecule has 0 heterocycles. The Labute approximate surface area is 143 Å². The standard InChI is InChI=1S/C11H15BrFN3O.C2HF3O2/c12-10-5-8(6-16-11(14)15)1-2-9(10)7-17-4-3-13;3-2(4,5)1(6)7/h1-2,5H,3-4,6-7H2,(H4,14,15,16);(H,6,7). The molecule has 0 unspecified atom stereocenters. The molecule has 11 heteroatoms. The van der Waals surface area contributed by atoms with Gasteiger partial charge in [-0.2, -0.15) is 13.2 Å². The van der Waals surface area contributed by atoms with E-state index in [1.807, 2.05) is 18.2 Å². The molecule has 5 N–H and O–H groups in total. The number of hydrogen-bond acceptors (Lipinski definition) is 3. The molecule has 24 heavy (non-hydrogen) atoms. The van der Waals surface area contributed by atoms with E-state index in [-0.39, 0.29) is 12.6 Å². The molecule has 0 amide bonds. The fourth-order valence-electron chi connectivity index (χ4n) is 1.25. The Balaban J connectivity index is 0.000000640. The quantitative estimate of drug-likeness (QED) is 0.246. The first-order chi connectivity index (χ1) is 11.1. The summed E-state index contributed by atoms with van der Waals surface area (Å²) in [5.41, 5.74) is 7.16. The SMILES string of the molecule is N=C(N)NCc1ccc(COCCF)c(Br)c1.O=C(O)C(F)(F)F. The van der Waals surface area contributed by atoms with Crippen molar-refractivity contribution in [3.63, 3.8) is 0 Å². The number of nitrogens with one attached hydrogen (secondary N) is 2. The lowest BCUT2D eigenvalue weighted by Crippen LogP contribution is -2.29. The van der Waals surface area contributed by atoms with Gasteiger partial charge < -0.3 is 20.9 Å². The molecule has 1 aromatic rings. The highest BCUT2D eigenvalue weighted by molar-refractivity contribution is 9.10. The zero-order valence-electron chi connectivity index (χ0n) is 12.3. The van der Waals surface area contributed by atoms with Gasteiger partial charge in [0.2, 0.25) is 0 Å². The number of halogens is 5. The lowest BCUT2D eigenvalue weighted by Gasteiger charge is -2.08. The van der Waals surface area contributed by atoms with Gasteiger partial charge in [-0.25, -0.2) is 9.18 Å². The first kappa shape index (κ1) is 22.1. The van der Waals surface area contributed by atoms with Crippen molar-refractivity contribution in [2.45, 2.75) is 19.3 Å². The van der Waals surface area contributed by atoms with Gasteiger partial charge in [0, 0.05) is 11.0 Å². The van der Waals surface area contributed by atoms with Crippen LogP contribution in [0.4, 0.5) is 17.6 Å². The Kier molecular flexibility index (Phi) is 9.97. The number of carboxylic acids is 1. The van der Waals surface area contributed by atoms with E-state index >= 15 is 0 Å². The number of nitrogens with two attached hydrogens (primary N) is 1. The third kappa shape index (κ3) is 10.0. The highest BCUT2D eigenvalue weighted by Gasteiger charge is 2.38. The van der Waals surface area contributed by atoms with Crippen LogP contribution in [0, 0.1) is 5.41 Å². The number of guanidine groups is 1. The molecule has 136 valence electrons. The van der Waals surface area contributed by atoms with E-state index in [0.717, 1.165) is 15.6 Å². The second-order valence-electron chi connectivity index (χ2n) is 4.24. The first-order valence-electron chi connectivity index (χ1n) is 6.37. The summed E-state index contributed by atoms with van der Waals surface area (Å²) in [4.78, 5) is 8.90. The maximum absolute atomic E-state index is 11.9. The Morgan fingerprint density at radius 2 is 2.00 bits per heavy atom. The molecule has 1 rings (SSSR count). The molecular formula is C13H16BrF4N3O3. The molecular weight excluding hydrogens is 402 g/mol. The van der Waals surface area contributed by atoms with Crippen molar-refractivity contribution >= 4 is 27.9 Å². The molecule has 0 aromatic heterocycles. The molecule has 0 fully saturated rings. The lowest BCUT2D eigenvalue weighted by atomic mass is 10.1. The van der Waals surface area contributed by atoms with Crippen LogP contribution in [0.3, 0.4) is 0 Å². The summed E-state index contributed by atoms with van der Waals surface area (Å²) >= 11 is 3.42. The normalized spacial score (nSPS) is 10.5. The van der Waals surface area contributed by atoms with Gasteiger partial charge in [0.1, 0.15) is 6.67 Å². The van der Waals surface area contributed by atoms with E-state index in [0.29, 0.717) is 13.2 Å². The smallest absolute Gasteiger partial charge is 0.475 e. The topological polar surface area (TPSA) is 108 Å². The third-order valence-electron chi connectivity index (χ3n) is 2.32. The molecule has 0 aliphatic rings. The van der Waals surface area contributed by atoms with E-state index in [2.05, 4.69) is 21.2 Å². The molecule has 6 nitrogen and oxygen atoms in total. The number of benzene rings is 1. The largest absolute Gasteiger partial charge is 0.490 e. The zero-order chi connectivity index (χ0) is 18.8. The van der Waals surface area contributed by atoms with Crippen LogP contribution in [-0.4, -0.2) is 36.5 Å². The molecule has 0 radical (unpaired) electrons. The minimum Gasteiger partial charge on any atom is -0.475 e. The highest BCUT2D eigenvalue weighted by Crippen LogP contribution is 2.19. The number of carbonyl (C=O) groups is 1. The fraction of sp³-hybridized carbons (Fsp3) is 0.385. The van der Waals surface area contributed by atoms with Crippen LogP contribution in [0.15, 0.2) is 22.7 Å². The van der Waals surface area contributed by atoms with Gasteiger partial charge in [0.05, 0.1) is 13.2 Å². The number of carboxylic acid groups (broad SMARTS) is 1. The van der Waals surface area contributed by atoms with Crippen molar-refractivity contribution in [1.82, 2.24) is 5.32 Å². The second-order valence-corrected chi connectivity index (χ2v) is 5.09. The summed E-state index contributed by atoms with van der Waals surface area (Å²) in [5, 5.41) is 16.9. The average Bonchev–Trinajstić information content (AvgIpc) is 2.47. The molecule has 0 aliphatic carbocycles. The van der Waals surface area contributed by atoms with Crippen molar-refractivity contribution in [3.8, 4) is 0 Å². The lowest BCUT2D eigenvalue weighted by molar-refractivity contribution is -0.192. The summed E-state index contributed by atoms with van der Waals surface area (Å²) in [6, 6.07) is 5.73. The molecule has 0 bridgehead atoms.